The number of carbonyl (C=O) groups is 3. The summed E-state index contributed by atoms with van der Waals surface area (Å²) in [6.07, 6.45) is 0.917. The van der Waals surface area contributed by atoms with Crippen molar-refractivity contribution < 1.29 is 24.2 Å². The summed E-state index contributed by atoms with van der Waals surface area (Å²) < 4.78 is 4.93. The van der Waals surface area contributed by atoms with Crippen LogP contribution >= 0.6 is 0 Å². The number of esters is 1. The molecule has 1 aliphatic heterocycles. The number of aliphatic hydroxyl groups excluding tert-OH is 1. The van der Waals surface area contributed by atoms with Crippen LogP contribution < -0.4 is 10.6 Å². The summed E-state index contributed by atoms with van der Waals surface area (Å²) in [5, 5.41) is 17.2. The van der Waals surface area contributed by atoms with Crippen LogP contribution in [-0.2, 0) is 20.7 Å². The molecule has 0 spiro atoms. The van der Waals surface area contributed by atoms with Gasteiger partial charge in [0, 0.05) is 30.5 Å². The number of methoxy groups -OCH3 is 1. The van der Waals surface area contributed by atoms with Crippen LogP contribution in [0.15, 0.2) is 48.5 Å². The molecule has 2 unspecified atom stereocenters. The zero-order valence-electron chi connectivity index (χ0n) is 25.2. The van der Waals surface area contributed by atoms with Gasteiger partial charge in [-0.05, 0) is 60.9 Å². The van der Waals surface area contributed by atoms with Crippen LogP contribution in [0.1, 0.15) is 58.1 Å². The van der Waals surface area contributed by atoms with Gasteiger partial charge in [-0.1, -0.05) is 58.0 Å². The standard InChI is InChI=1S/C32H46N4O5/c1-21(2)17-26(20-30(38)41-6)35-15-16-36(28(31(35)39)18-22(3)4)29(37)19-24-11-13-25(14-12-24)33-32(40)34-27-10-8-7-9-23(27)5/h7-14,21-22,26,28,31,39H,15-20H2,1-6H3,(H2,33,34,40)/t26?,28-,31?/m0/s1. The molecule has 9 nitrogen and oxygen atoms in total. The molecule has 0 aliphatic carbocycles. The molecule has 2 aromatic carbocycles. The lowest BCUT2D eigenvalue weighted by Crippen LogP contribution is -2.64. The molecule has 3 rings (SSSR count). The van der Waals surface area contributed by atoms with Crippen molar-refractivity contribution in [3.05, 3.63) is 59.7 Å². The number of para-hydroxylation sites is 1. The highest BCUT2D eigenvalue weighted by atomic mass is 16.5. The number of amides is 3. The quantitative estimate of drug-likeness (QED) is 0.329. The van der Waals surface area contributed by atoms with Gasteiger partial charge in [0.1, 0.15) is 6.23 Å². The van der Waals surface area contributed by atoms with Crippen molar-refractivity contribution in [2.75, 3.05) is 30.8 Å². The number of urea groups is 1. The molecule has 0 radical (unpaired) electrons. The molecular formula is C32H46N4O5. The van der Waals surface area contributed by atoms with Crippen LogP contribution in [0.2, 0.25) is 0 Å². The fraction of sp³-hybridized carbons (Fsp3) is 0.531. The lowest BCUT2D eigenvalue weighted by atomic mass is 9.93. The third-order valence-electron chi connectivity index (χ3n) is 7.52. The molecule has 1 fully saturated rings. The van der Waals surface area contributed by atoms with Gasteiger partial charge in [-0.25, -0.2) is 4.79 Å². The summed E-state index contributed by atoms with van der Waals surface area (Å²) in [4.78, 5) is 41.9. The molecule has 0 bridgehead atoms. The van der Waals surface area contributed by atoms with E-state index in [1.807, 2.05) is 48.2 Å². The summed E-state index contributed by atoms with van der Waals surface area (Å²) in [6.45, 7) is 11.2. The number of hydrogen-bond donors (Lipinski definition) is 3. The molecule has 3 amide bonds. The largest absolute Gasteiger partial charge is 0.469 e. The van der Waals surface area contributed by atoms with E-state index in [9.17, 15) is 19.5 Å². The van der Waals surface area contributed by atoms with Gasteiger partial charge in [0.15, 0.2) is 0 Å². The average Bonchev–Trinajstić information content (AvgIpc) is 2.91. The van der Waals surface area contributed by atoms with Crippen LogP contribution in [0.4, 0.5) is 16.2 Å². The second-order valence-corrected chi connectivity index (χ2v) is 11.8. The molecule has 1 aliphatic rings. The van der Waals surface area contributed by atoms with Crippen molar-refractivity contribution in [3.63, 3.8) is 0 Å². The predicted octanol–water partition coefficient (Wildman–Crippen LogP) is 5.04. The molecule has 2 aromatic rings. The summed E-state index contributed by atoms with van der Waals surface area (Å²) in [6, 6.07) is 13.9. The third kappa shape index (κ3) is 9.30. The molecule has 9 heteroatoms. The van der Waals surface area contributed by atoms with E-state index in [-0.39, 0.29) is 48.8 Å². The number of carbonyl (C=O) groups excluding carboxylic acids is 3. The first kappa shape index (κ1) is 32.1. The van der Waals surface area contributed by atoms with Crippen molar-refractivity contribution in [2.24, 2.45) is 11.8 Å². The SMILES string of the molecule is COC(=O)CC(CC(C)C)N1CCN(C(=O)Cc2ccc(NC(=O)Nc3ccccc3C)cc2)[C@@H](CC(C)C)C1O. The highest BCUT2D eigenvalue weighted by Crippen LogP contribution is 2.28. The highest BCUT2D eigenvalue weighted by Gasteiger charge is 2.41. The fourth-order valence-corrected chi connectivity index (χ4v) is 5.48. The Morgan fingerprint density at radius 3 is 2.27 bits per heavy atom. The van der Waals surface area contributed by atoms with E-state index in [1.54, 1.807) is 17.0 Å². The molecule has 0 saturated carbocycles. The molecular weight excluding hydrogens is 520 g/mol. The van der Waals surface area contributed by atoms with Crippen LogP contribution in [-0.4, -0.2) is 71.3 Å². The smallest absolute Gasteiger partial charge is 0.323 e. The summed E-state index contributed by atoms with van der Waals surface area (Å²) in [5.74, 6) is 0.254. The van der Waals surface area contributed by atoms with Crippen LogP contribution in [0.3, 0.4) is 0 Å². The first-order valence-electron chi connectivity index (χ1n) is 14.5. The van der Waals surface area contributed by atoms with Gasteiger partial charge in [0.25, 0.3) is 0 Å². The minimum Gasteiger partial charge on any atom is -0.469 e. The number of rotatable bonds is 11. The Balaban J connectivity index is 1.66. The van der Waals surface area contributed by atoms with Crippen molar-refractivity contribution in [2.45, 2.75) is 78.6 Å². The fourth-order valence-electron chi connectivity index (χ4n) is 5.48. The summed E-state index contributed by atoms with van der Waals surface area (Å²) >= 11 is 0. The maximum Gasteiger partial charge on any atom is 0.323 e. The average molecular weight is 567 g/mol. The Labute approximate surface area is 244 Å². The van der Waals surface area contributed by atoms with Gasteiger partial charge in [-0.2, -0.15) is 0 Å². The van der Waals surface area contributed by atoms with Gasteiger partial charge in [0.2, 0.25) is 5.91 Å². The monoisotopic (exact) mass is 566 g/mol. The number of benzene rings is 2. The van der Waals surface area contributed by atoms with E-state index in [2.05, 4.69) is 38.3 Å². The molecule has 1 saturated heterocycles. The third-order valence-corrected chi connectivity index (χ3v) is 7.52. The number of aryl methyl sites for hydroxylation is 1. The van der Waals surface area contributed by atoms with Gasteiger partial charge in [0.05, 0.1) is 26.0 Å². The number of piperazine rings is 1. The zero-order valence-corrected chi connectivity index (χ0v) is 25.2. The number of nitrogens with zero attached hydrogens (tertiary/aromatic N) is 2. The Kier molecular flexibility index (Phi) is 11.7. The molecule has 0 aromatic heterocycles. The Morgan fingerprint density at radius 1 is 0.976 bits per heavy atom. The Bertz CT molecular complexity index is 1170. The van der Waals surface area contributed by atoms with E-state index in [1.165, 1.54) is 7.11 Å². The van der Waals surface area contributed by atoms with E-state index in [0.717, 1.165) is 23.2 Å². The van der Waals surface area contributed by atoms with E-state index < -0.39 is 6.23 Å². The van der Waals surface area contributed by atoms with E-state index >= 15 is 0 Å². The zero-order chi connectivity index (χ0) is 30.1. The summed E-state index contributed by atoms with van der Waals surface area (Å²) in [7, 11) is 1.38. The molecule has 3 N–H and O–H groups in total. The van der Waals surface area contributed by atoms with Crippen molar-refractivity contribution in [1.29, 1.82) is 0 Å². The number of aliphatic hydroxyl groups is 1. The van der Waals surface area contributed by atoms with Gasteiger partial charge >= 0.3 is 12.0 Å². The number of hydrogen-bond acceptors (Lipinski definition) is 6. The summed E-state index contributed by atoms with van der Waals surface area (Å²) in [5.41, 5.74) is 3.16. The second kappa shape index (κ2) is 15.0. The second-order valence-electron chi connectivity index (χ2n) is 11.8. The number of nitrogens with one attached hydrogen (secondary N) is 2. The molecule has 41 heavy (non-hydrogen) atoms. The van der Waals surface area contributed by atoms with Crippen molar-refractivity contribution in [3.8, 4) is 0 Å². The molecule has 1 heterocycles. The lowest BCUT2D eigenvalue weighted by Gasteiger charge is -2.48. The Hall–Kier alpha value is -3.43. The van der Waals surface area contributed by atoms with Gasteiger partial charge < -0.3 is 25.4 Å². The normalized spacial score (nSPS) is 18.3. The topological polar surface area (TPSA) is 111 Å². The number of anilines is 2. The predicted molar refractivity (Wildman–Crippen MR) is 162 cm³/mol. The maximum atomic E-state index is 13.5. The van der Waals surface area contributed by atoms with Crippen molar-refractivity contribution in [1.82, 2.24) is 9.80 Å². The first-order chi connectivity index (χ1) is 19.5. The number of ether oxygens (including phenoxy) is 1. The van der Waals surface area contributed by atoms with Crippen LogP contribution in [0.5, 0.6) is 0 Å². The molecule has 224 valence electrons. The van der Waals surface area contributed by atoms with Crippen LogP contribution in [0, 0.1) is 18.8 Å². The van der Waals surface area contributed by atoms with E-state index in [4.69, 9.17) is 4.74 Å². The Morgan fingerprint density at radius 2 is 1.66 bits per heavy atom. The highest BCUT2D eigenvalue weighted by molar-refractivity contribution is 6.00. The minimum absolute atomic E-state index is 0.0549. The minimum atomic E-state index is -0.873. The van der Waals surface area contributed by atoms with Crippen LogP contribution in [0.25, 0.3) is 0 Å². The van der Waals surface area contributed by atoms with Crippen molar-refractivity contribution >= 4 is 29.3 Å². The lowest BCUT2D eigenvalue weighted by molar-refractivity contribution is -0.160. The van der Waals surface area contributed by atoms with E-state index in [0.29, 0.717) is 31.1 Å². The maximum absolute atomic E-state index is 13.5. The first-order valence-corrected chi connectivity index (χ1v) is 14.5. The van der Waals surface area contributed by atoms with Gasteiger partial charge in [-0.3, -0.25) is 14.5 Å². The van der Waals surface area contributed by atoms with Gasteiger partial charge in [-0.15, -0.1) is 0 Å². The molecule has 3 atom stereocenters.